The van der Waals surface area contributed by atoms with E-state index in [1.807, 2.05) is 0 Å². The van der Waals surface area contributed by atoms with Crippen LogP contribution in [0.3, 0.4) is 0 Å². The van der Waals surface area contributed by atoms with Crippen molar-refractivity contribution in [3.63, 3.8) is 0 Å². The van der Waals surface area contributed by atoms with Gasteiger partial charge in [-0.15, -0.1) is 0 Å². The molecule has 1 atom stereocenters. The van der Waals surface area contributed by atoms with Crippen LogP contribution in [-0.4, -0.2) is 110 Å². The van der Waals surface area contributed by atoms with Crippen LogP contribution in [0, 0.1) is 0 Å². The number of carboxylic acid groups (broad SMARTS) is 1. The summed E-state index contributed by atoms with van der Waals surface area (Å²) in [5.74, 6) is -2.04. The van der Waals surface area contributed by atoms with E-state index in [-0.39, 0.29) is 31.9 Å². The number of nitrogens with one attached hydrogen (secondary N) is 2. The van der Waals surface area contributed by atoms with Crippen LogP contribution in [-0.2, 0) is 38.6 Å². The molecule has 0 rings (SSSR count). The highest BCUT2D eigenvalue weighted by Crippen LogP contribution is 2.03. The number of nitrogens with two attached hydrogens (primary N) is 2. The molecule has 33 heavy (non-hydrogen) atoms. The van der Waals surface area contributed by atoms with Crippen molar-refractivity contribution >= 4 is 21.9 Å². The van der Waals surface area contributed by atoms with Crippen LogP contribution in [0.1, 0.15) is 25.7 Å². The van der Waals surface area contributed by atoms with E-state index in [2.05, 4.69) is 10.0 Å². The molecule has 0 saturated heterocycles. The summed E-state index contributed by atoms with van der Waals surface area (Å²) in [4.78, 5) is 22.9. The van der Waals surface area contributed by atoms with Crippen LogP contribution in [0.5, 0.6) is 0 Å². The number of unbranched alkanes of at least 4 members (excludes halogenated alkanes) is 1. The van der Waals surface area contributed by atoms with Gasteiger partial charge in [0.15, 0.2) is 0 Å². The molecule has 1 amide bonds. The van der Waals surface area contributed by atoms with Gasteiger partial charge in [0.2, 0.25) is 15.9 Å². The van der Waals surface area contributed by atoms with E-state index in [1.54, 1.807) is 0 Å². The zero-order chi connectivity index (χ0) is 24.8. The number of ether oxygens (including phenoxy) is 4. The Morgan fingerprint density at radius 2 is 1.36 bits per heavy atom. The molecule has 0 fully saturated rings. The minimum absolute atomic E-state index is 0.0657. The SMILES string of the molecule is NCCCC[C@H](NS(=O)(=O)CCNC(=O)CCOCCOCCOCCOCCN)C(=O)O. The van der Waals surface area contributed by atoms with Gasteiger partial charge in [0.25, 0.3) is 0 Å². The zero-order valence-corrected chi connectivity index (χ0v) is 20.0. The van der Waals surface area contributed by atoms with Crippen LogP contribution in [0.25, 0.3) is 0 Å². The average Bonchev–Trinajstić information content (AvgIpc) is 2.76. The molecule has 14 heteroatoms. The topological polar surface area (TPSA) is 202 Å². The molecule has 0 aliphatic carbocycles. The fourth-order valence-electron chi connectivity index (χ4n) is 2.42. The highest BCUT2D eigenvalue weighted by Gasteiger charge is 2.23. The Kier molecular flexibility index (Phi) is 20.3. The quantitative estimate of drug-likeness (QED) is 0.0919. The molecule has 0 radical (unpaired) electrons. The Morgan fingerprint density at radius 1 is 0.818 bits per heavy atom. The van der Waals surface area contributed by atoms with Gasteiger partial charge in [0, 0.05) is 19.5 Å². The number of hydrogen-bond acceptors (Lipinski definition) is 10. The summed E-state index contributed by atoms with van der Waals surface area (Å²) in [6.07, 6.45) is 1.32. The predicted octanol–water partition coefficient (Wildman–Crippen LogP) is -1.98. The van der Waals surface area contributed by atoms with Crippen molar-refractivity contribution in [1.29, 1.82) is 0 Å². The predicted molar refractivity (Wildman–Crippen MR) is 121 cm³/mol. The number of hydrogen-bond donors (Lipinski definition) is 5. The zero-order valence-electron chi connectivity index (χ0n) is 19.2. The van der Waals surface area contributed by atoms with Crippen molar-refractivity contribution in [3.8, 4) is 0 Å². The molecule has 0 saturated carbocycles. The number of rotatable bonds is 24. The molecule has 0 unspecified atom stereocenters. The Hall–Kier alpha value is -1.39. The summed E-state index contributed by atoms with van der Waals surface area (Å²) < 4.78 is 47.3. The first kappa shape index (κ1) is 31.6. The van der Waals surface area contributed by atoms with Gasteiger partial charge in [-0.2, -0.15) is 0 Å². The molecule has 0 aromatic heterocycles. The summed E-state index contributed by atoms with van der Waals surface area (Å²) in [6, 6.07) is -1.21. The third-order valence-corrected chi connectivity index (χ3v) is 5.50. The first-order valence-electron chi connectivity index (χ1n) is 11.0. The van der Waals surface area contributed by atoms with Gasteiger partial charge in [-0.25, -0.2) is 13.1 Å². The number of carboxylic acids is 1. The number of aliphatic carboxylic acids is 1. The van der Waals surface area contributed by atoms with Gasteiger partial charge in [-0.3, -0.25) is 9.59 Å². The van der Waals surface area contributed by atoms with E-state index in [4.69, 9.17) is 35.5 Å². The van der Waals surface area contributed by atoms with Gasteiger partial charge >= 0.3 is 5.97 Å². The normalized spacial score (nSPS) is 12.5. The number of amides is 1. The molecule has 7 N–H and O–H groups in total. The monoisotopic (exact) mass is 500 g/mol. The second-order valence-corrected chi connectivity index (χ2v) is 8.82. The molecule has 0 aromatic rings. The van der Waals surface area contributed by atoms with Gasteiger partial charge in [-0.1, -0.05) is 6.42 Å². The Morgan fingerprint density at radius 3 is 1.88 bits per heavy atom. The fraction of sp³-hybridized carbons (Fsp3) is 0.895. The van der Waals surface area contributed by atoms with Gasteiger partial charge in [0.1, 0.15) is 6.04 Å². The largest absolute Gasteiger partial charge is 0.480 e. The summed E-state index contributed by atoms with van der Waals surface area (Å²) in [5, 5.41) is 11.6. The lowest BCUT2D eigenvalue weighted by Crippen LogP contribution is -2.43. The van der Waals surface area contributed by atoms with Gasteiger partial charge < -0.3 is 40.8 Å². The first-order chi connectivity index (χ1) is 15.8. The van der Waals surface area contributed by atoms with Crippen LogP contribution >= 0.6 is 0 Å². The third-order valence-electron chi connectivity index (χ3n) is 4.11. The molecule has 0 heterocycles. The van der Waals surface area contributed by atoms with Gasteiger partial charge in [0.05, 0.1) is 58.6 Å². The molecule has 13 nitrogen and oxygen atoms in total. The minimum atomic E-state index is -3.85. The van der Waals surface area contributed by atoms with Crippen molar-refractivity contribution in [2.75, 3.05) is 78.2 Å². The smallest absolute Gasteiger partial charge is 0.321 e. The average molecular weight is 501 g/mol. The van der Waals surface area contributed by atoms with Crippen molar-refractivity contribution in [1.82, 2.24) is 10.0 Å². The Balaban J connectivity index is 3.71. The van der Waals surface area contributed by atoms with Crippen molar-refractivity contribution in [2.45, 2.75) is 31.7 Å². The maximum atomic E-state index is 12.0. The molecule has 0 aliphatic heterocycles. The maximum absolute atomic E-state index is 12.0. The van der Waals surface area contributed by atoms with Crippen molar-refractivity contribution < 1.29 is 42.1 Å². The van der Waals surface area contributed by atoms with Crippen molar-refractivity contribution in [3.05, 3.63) is 0 Å². The summed E-state index contributed by atoms with van der Waals surface area (Å²) in [7, 11) is -3.85. The molecule has 0 bridgehead atoms. The maximum Gasteiger partial charge on any atom is 0.321 e. The van der Waals surface area contributed by atoms with Gasteiger partial charge in [-0.05, 0) is 19.4 Å². The summed E-state index contributed by atoms with van der Waals surface area (Å²) in [6.45, 7) is 3.91. The number of sulfonamides is 1. The summed E-state index contributed by atoms with van der Waals surface area (Å²) >= 11 is 0. The van der Waals surface area contributed by atoms with E-state index < -0.39 is 27.8 Å². The molecular formula is C19H40N4O9S. The van der Waals surface area contributed by atoms with Crippen LogP contribution < -0.4 is 21.5 Å². The van der Waals surface area contributed by atoms with Crippen LogP contribution in [0.15, 0.2) is 0 Å². The third kappa shape index (κ3) is 20.9. The lowest BCUT2D eigenvalue weighted by molar-refractivity contribution is -0.139. The second-order valence-electron chi connectivity index (χ2n) is 6.95. The van der Waals surface area contributed by atoms with Crippen molar-refractivity contribution in [2.24, 2.45) is 11.5 Å². The Labute approximate surface area is 195 Å². The van der Waals surface area contributed by atoms with E-state index in [1.165, 1.54) is 0 Å². The minimum Gasteiger partial charge on any atom is -0.480 e. The second kappa shape index (κ2) is 21.2. The molecule has 0 aliphatic rings. The lowest BCUT2D eigenvalue weighted by atomic mass is 10.1. The molecule has 0 spiro atoms. The van der Waals surface area contributed by atoms with E-state index in [0.717, 1.165) is 0 Å². The fourth-order valence-corrected chi connectivity index (χ4v) is 3.57. The van der Waals surface area contributed by atoms with E-state index in [0.29, 0.717) is 72.2 Å². The number of carbonyl (C=O) groups excluding carboxylic acids is 1. The van der Waals surface area contributed by atoms with Crippen LogP contribution in [0.2, 0.25) is 0 Å². The highest BCUT2D eigenvalue weighted by atomic mass is 32.2. The molecule has 196 valence electrons. The number of carbonyl (C=O) groups is 2. The highest BCUT2D eigenvalue weighted by molar-refractivity contribution is 7.89. The molecule has 0 aromatic carbocycles. The Bertz CT molecular complexity index is 608. The van der Waals surface area contributed by atoms with E-state index in [9.17, 15) is 18.0 Å². The first-order valence-corrected chi connectivity index (χ1v) is 12.7. The van der Waals surface area contributed by atoms with E-state index >= 15 is 0 Å². The molecular weight excluding hydrogens is 460 g/mol. The standard InChI is InChI=1S/C19H40N4O9S/c20-5-2-1-3-17(19(25)26)23-33(27,28)16-7-22-18(24)4-8-29-10-12-31-14-15-32-13-11-30-9-6-21/h17,23H,1-16,20-21H2,(H,22,24)(H,25,26)/t17-/m0/s1. The van der Waals surface area contributed by atoms with Crippen LogP contribution in [0.4, 0.5) is 0 Å². The summed E-state index contributed by atoms with van der Waals surface area (Å²) in [5.41, 5.74) is 10.6. The lowest BCUT2D eigenvalue weighted by Gasteiger charge is -2.14.